The molecule has 4 nitrogen and oxygen atoms in total. The van der Waals surface area contributed by atoms with Gasteiger partial charge in [-0.25, -0.2) is 8.42 Å². The van der Waals surface area contributed by atoms with E-state index in [-0.39, 0.29) is 11.5 Å². The minimum atomic E-state index is -2.85. The standard InChI is InChI=1S/C15H25NO3S/c1-3-20(17,18)13-7-8-14(16-2)11-12-19-15-9-5-4-6-10-15/h4-6,9-10,14,16H,3,7-8,11-13H2,1-2H3. The van der Waals surface area contributed by atoms with Gasteiger partial charge < -0.3 is 10.1 Å². The van der Waals surface area contributed by atoms with Crippen LogP contribution in [0.2, 0.25) is 0 Å². The molecule has 1 rings (SSSR count). The van der Waals surface area contributed by atoms with Crippen LogP contribution in [0.5, 0.6) is 5.75 Å². The molecule has 0 fully saturated rings. The molecular formula is C15H25NO3S. The Morgan fingerprint density at radius 2 is 1.90 bits per heavy atom. The number of hydrogen-bond donors (Lipinski definition) is 1. The fourth-order valence-corrected chi connectivity index (χ4v) is 2.86. The van der Waals surface area contributed by atoms with Crippen molar-refractivity contribution in [2.45, 2.75) is 32.2 Å². The Morgan fingerprint density at radius 3 is 2.50 bits per heavy atom. The molecule has 0 aliphatic heterocycles. The van der Waals surface area contributed by atoms with Crippen molar-refractivity contribution in [1.82, 2.24) is 5.32 Å². The molecule has 0 heterocycles. The van der Waals surface area contributed by atoms with Gasteiger partial charge in [-0.15, -0.1) is 0 Å². The molecule has 0 aromatic heterocycles. The summed E-state index contributed by atoms with van der Waals surface area (Å²) < 4.78 is 28.5. The molecule has 20 heavy (non-hydrogen) atoms. The summed E-state index contributed by atoms with van der Waals surface area (Å²) in [5, 5.41) is 3.22. The summed E-state index contributed by atoms with van der Waals surface area (Å²) in [6, 6.07) is 10.0. The van der Waals surface area contributed by atoms with Crippen LogP contribution in [0, 0.1) is 0 Å². The van der Waals surface area contributed by atoms with Gasteiger partial charge in [0, 0.05) is 11.8 Å². The topological polar surface area (TPSA) is 55.4 Å². The van der Waals surface area contributed by atoms with Crippen LogP contribution in [0.3, 0.4) is 0 Å². The summed E-state index contributed by atoms with van der Waals surface area (Å²) >= 11 is 0. The number of nitrogens with one attached hydrogen (secondary N) is 1. The fraction of sp³-hybridized carbons (Fsp3) is 0.600. The fourth-order valence-electron chi connectivity index (χ4n) is 1.96. The Hall–Kier alpha value is -1.07. The van der Waals surface area contributed by atoms with Crippen molar-refractivity contribution in [2.24, 2.45) is 0 Å². The van der Waals surface area contributed by atoms with Gasteiger partial charge in [0.05, 0.1) is 12.4 Å². The van der Waals surface area contributed by atoms with Crippen LogP contribution in [0.1, 0.15) is 26.2 Å². The third kappa shape index (κ3) is 6.91. The van der Waals surface area contributed by atoms with Gasteiger partial charge in [-0.2, -0.15) is 0 Å². The van der Waals surface area contributed by atoms with E-state index in [9.17, 15) is 8.42 Å². The van der Waals surface area contributed by atoms with E-state index in [1.165, 1.54) is 0 Å². The van der Waals surface area contributed by atoms with Crippen molar-refractivity contribution in [1.29, 1.82) is 0 Å². The predicted octanol–water partition coefficient (Wildman–Crippen LogP) is 2.26. The summed E-state index contributed by atoms with van der Waals surface area (Å²) in [7, 11) is -0.942. The van der Waals surface area contributed by atoms with Gasteiger partial charge in [0.2, 0.25) is 0 Å². The van der Waals surface area contributed by atoms with Crippen molar-refractivity contribution in [2.75, 3.05) is 25.2 Å². The summed E-state index contributed by atoms with van der Waals surface area (Å²) in [5.74, 6) is 1.38. The quantitative estimate of drug-likeness (QED) is 0.720. The van der Waals surface area contributed by atoms with Crippen LogP contribution in [0.15, 0.2) is 30.3 Å². The van der Waals surface area contributed by atoms with Gasteiger partial charge in [0.1, 0.15) is 15.6 Å². The lowest BCUT2D eigenvalue weighted by Gasteiger charge is -2.16. The third-order valence-corrected chi connectivity index (χ3v) is 5.12. The lowest BCUT2D eigenvalue weighted by molar-refractivity contribution is 0.284. The second-order valence-electron chi connectivity index (χ2n) is 4.81. The van der Waals surface area contributed by atoms with E-state index in [1.54, 1.807) is 6.92 Å². The molecule has 0 saturated carbocycles. The summed E-state index contributed by atoms with van der Waals surface area (Å²) in [6.45, 7) is 2.33. The normalized spacial score (nSPS) is 13.1. The maximum atomic E-state index is 11.4. The largest absolute Gasteiger partial charge is 0.494 e. The Labute approximate surface area is 122 Å². The number of sulfone groups is 1. The first kappa shape index (κ1) is 17.0. The highest BCUT2D eigenvalue weighted by molar-refractivity contribution is 7.91. The lowest BCUT2D eigenvalue weighted by Crippen LogP contribution is -2.28. The van der Waals surface area contributed by atoms with E-state index < -0.39 is 9.84 Å². The molecule has 0 spiro atoms. The second-order valence-corrected chi connectivity index (χ2v) is 7.29. The highest BCUT2D eigenvalue weighted by Crippen LogP contribution is 2.10. The number of benzene rings is 1. The molecule has 0 amide bonds. The molecule has 0 saturated heterocycles. The van der Waals surface area contributed by atoms with Gasteiger partial charge in [0.15, 0.2) is 0 Å². The smallest absolute Gasteiger partial charge is 0.150 e. The van der Waals surface area contributed by atoms with Crippen molar-refractivity contribution < 1.29 is 13.2 Å². The molecule has 114 valence electrons. The number of para-hydroxylation sites is 1. The highest BCUT2D eigenvalue weighted by Gasteiger charge is 2.11. The molecule has 5 heteroatoms. The average molecular weight is 299 g/mol. The zero-order valence-corrected chi connectivity index (χ0v) is 13.2. The van der Waals surface area contributed by atoms with E-state index in [0.29, 0.717) is 19.1 Å². The first-order valence-electron chi connectivity index (χ1n) is 7.13. The monoisotopic (exact) mass is 299 g/mol. The zero-order chi connectivity index (χ0) is 14.8. The molecule has 0 radical (unpaired) electrons. The van der Waals surface area contributed by atoms with E-state index >= 15 is 0 Å². The Kier molecular flexibility index (Phi) is 7.62. The van der Waals surface area contributed by atoms with Crippen LogP contribution in [-0.4, -0.2) is 39.6 Å². The number of hydrogen-bond acceptors (Lipinski definition) is 4. The first-order chi connectivity index (χ1) is 9.57. The van der Waals surface area contributed by atoms with Gasteiger partial charge in [0.25, 0.3) is 0 Å². The molecule has 1 aromatic carbocycles. The van der Waals surface area contributed by atoms with Gasteiger partial charge >= 0.3 is 0 Å². The Morgan fingerprint density at radius 1 is 1.20 bits per heavy atom. The minimum Gasteiger partial charge on any atom is -0.494 e. The van der Waals surface area contributed by atoms with Crippen molar-refractivity contribution in [3.8, 4) is 5.75 Å². The minimum absolute atomic E-state index is 0.230. The van der Waals surface area contributed by atoms with Gasteiger partial charge in [-0.05, 0) is 38.4 Å². The van der Waals surface area contributed by atoms with Gasteiger partial charge in [-0.3, -0.25) is 0 Å². The average Bonchev–Trinajstić information content (AvgIpc) is 2.46. The number of ether oxygens (including phenoxy) is 1. The molecule has 1 unspecified atom stereocenters. The third-order valence-electron chi connectivity index (χ3n) is 3.33. The first-order valence-corrected chi connectivity index (χ1v) is 8.95. The van der Waals surface area contributed by atoms with Crippen molar-refractivity contribution in [3.63, 3.8) is 0 Å². The van der Waals surface area contributed by atoms with Crippen molar-refractivity contribution in [3.05, 3.63) is 30.3 Å². The van der Waals surface area contributed by atoms with Gasteiger partial charge in [-0.1, -0.05) is 25.1 Å². The molecule has 0 aliphatic rings. The van der Waals surface area contributed by atoms with Crippen LogP contribution in [-0.2, 0) is 9.84 Å². The Bertz CT molecular complexity index is 459. The predicted molar refractivity (Wildman–Crippen MR) is 83.0 cm³/mol. The lowest BCUT2D eigenvalue weighted by atomic mass is 10.1. The second kappa shape index (κ2) is 8.97. The maximum absolute atomic E-state index is 11.4. The van der Waals surface area contributed by atoms with E-state index in [1.807, 2.05) is 37.4 Å². The van der Waals surface area contributed by atoms with E-state index in [0.717, 1.165) is 18.6 Å². The summed E-state index contributed by atoms with van der Waals surface area (Å²) in [4.78, 5) is 0. The molecule has 1 aromatic rings. The van der Waals surface area contributed by atoms with Crippen molar-refractivity contribution >= 4 is 9.84 Å². The van der Waals surface area contributed by atoms with Crippen LogP contribution in [0.4, 0.5) is 0 Å². The van der Waals surface area contributed by atoms with E-state index in [4.69, 9.17) is 4.74 Å². The van der Waals surface area contributed by atoms with Crippen LogP contribution in [0.25, 0.3) is 0 Å². The molecular weight excluding hydrogens is 274 g/mol. The zero-order valence-electron chi connectivity index (χ0n) is 12.3. The molecule has 1 N–H and O–H groups in total. The number of rotatable bonds is 10. The molecule has 0 bridgehead atoms. The molecule has 1 atom stereocenters. The summed E-state index contributed by atoms with van der Waals surface area (Å²) in [6.07, 6.45) is 2.43. The van der Waals surface area contributed by atoms with E-state index in [2.05, 4.69) is 5.32 Å². The van der Waals surface area contributed by atoms with Crippen LogP contribution >= 0.6 is 0 Å². The highest BCUT2D eigenvalue weighted by atomic mass is 32.2. The SMILES string of the molecule is CCS(=O)(=O)CCCC(CCOc1ccccc1)NC. The Balaban J connectivity index is 2.23. The molecule has 0 aliphatic carbocycles. The summed E-state index contributed by atoms with van der Waals surface area (Å²) in [5.41, 5.74) is 0. The maximum Gasteiger partial charge on any atom is 0.150 e. The van der Waals surface area contributed by atoms with Crippen LogP contribution < -0.4 is 10.1 Å².